The minimum absolute atomic E-state index is 0.353. The molecule has 0 bridgehead atoms. The van der Waals surface area contributed by atoms with Crippen LogP contribution in [0.5, 0.6) is 0 Å². The molecule has 3 nitrogen and oxygen atoms in total. The standard InChI is InChI=1S/C14H15NO2/c1-2-11-8-13(14(16)17)15(9-11)10-12-6-4-3-5-7-12/h3-9H,2,10H2,1H3,(H,16,17). The van der Waals surface area contributed by atoms with E-state index in [0.717, 1.165) is 17.5 Å². The third-order valence-corrected chi connectivity index (χ3v) is 2.78. The second kappa shape index (κ2) is 4.87. The molecular weight excluding hydrogens is 214 g/mol. The average Bonchev–Trinajstić information content (AvgIpc) is 2.74. The number of rotatable bonds is 4. The Labute approximate surface area is 100 Å². The fourth-order valence-corrected chi connectivity index (χ4v) is 1.85. The van der Waals surface area contributed by atoms with Crippen LogP contribution in [0.15, 0.2) is 42.6 Å². The lowest BCUT2D eigenvalue weighted by Gasteiger charge is -2.05. The first-order valence-electron chi connectivity index (χ1n) is 5.67. The second-order valence-electron chi connectivity index (χ2n) is 4.01. The van der Waals surface area contributed by atoms with Crippen molar-refractivity contribution in [1.82, 2.24) is 4.57 Å². The molecule has 88 valence electrons. The van der Waals surface area contributed by atoms with Crippen molar-refractivity contribution >= 4 is 5.97 Å². The summed E-state index contributed by atoms with van der Waals surface area (Å²) in [5.41, 5.74) is 2.51. The molecule has 0 saturated heterocycles. The van der Waals surface area contributed by atoms with Crippen LogP contribution in [-0.4, -0.2) is 15.6 Å². The van der Waals surface area contributed by atoms with E-state index < -0.39 is 5.97 Å². The van der Waals surface area contributed by atoms with E-state index in [4.69, 9.17) is 5.11 Å². The van der Waals surface area contributed by atoms with E-state index in [9.17, 15) is 4.79 Å². The number of aromatic carboxylic acids is 1. The Morgan fingerprint density at radius 2 is 1.94 bits per heavy atom. The Kier molecular flexibility index (Phi) is 3.28. The van der Waals surface area contributed by atoms with Gasteiger partial charge in [0.1, 0.15) is 5.69 Å². The molecule has 0 fully saturated rings. The zero-order valence-electron chi connectivity index (χ0n) is 9.76. The number of carboxylic acids is 1. The molecule has 17 heavy (non-hydrogen) atoms. The summed E-state index contributed by atoms with van der Waals surface area (Å²) in [5.74, 6) is -0.874. The maximum Gasteiger partial charge on any atom is 0.352 e. The molecule has 0 radical (unpaired) electrons. The Hall–Kier alpha value is -2.03. The molecule has 0 aliphatic rings. The predicted molar refractivity (Wildman–Crippen MR) is 66.3 cm³/mol. The predicted octanol–water partition coefficient (Wildman–Crippen LogP) is 2.80. The van der Waals surface area contributed by atoms with Crippen LogP contribution >= 0.6 is 0 Å². The average molecular weight is 229 g/mol. The molecule has 0 aliphatic carbocycles. The SMILES string of the molecule is CCc1cc(C(=O)O)n(Cc2ccccc2)c1. The fourth-order valence-electron chi connectivity index (χ4n) is 1.85. The van der Waals surface area contributed by atoms with Crippen molar-refractivity contribution in [2.75, 3.05) is 0 Å². The largest absolute Gasteiger partial charge is 0.477 e. The summed E-state index contributed by atoms with van der Waals surface area (Å²) in [6.45, 7) is 2.62. The lowest BCUT2D eigenvalue weighted by Crippen LogP contribution is -2.08. The van der Waals surface area contributed by atoms with Crippen LogP contribution in [0.1, 0.15) is 28.5 Å². The zero-order chi connectivity index (χ0) is 12.3. The Morgan fingerprint density at radius 1 is 1.24 bits per heavy atom. The van der Waals surface area contributed by atoms with Crippen LogP contribution in [0.4, 0.5) is 0 Å². The minimum atomic E-state index is -0.874. The number of hydrogen-bond acceptors (Lipinski definition) is 1. The van der Waals surface area contributed by atoms with Crippen LogP contribution in [-0.2, 0) is 13.0 Å². The van der Waals surface area contributed by atoms with E-state index in [1.807, 2.05) is 43.5 Å². The number of carboxylic acid groups (broad SMARTS) is 1. The smallest absolute Gasteiger partial charge is 0.352 e. The summed E-state index contributed by atoms with van der Waals surface area (Å²) < 4.78 is 1.79. The molecule has 0 unspecified atom stereocenters. The number of nitrogens with zero attached hydrogens (tertiary/aromatic N) is 1. The van der Waals surface area contributed by atoms with E-state index in [0.29, 0.717) is 12.2 Å². The molecular formula is C14H15NO2. The van der Waals surface area contributed by atoms with Gasteiger partial charge in [0.25, 0.3) is 0 Å². The van der Waals surface area contributed by atoms with E-state index >= 15 is 0 Å². The summed E-state index contributed by atoms with van der Waals surface area (Å²) in [5, 5.41) is 9.13. The molecule has 1 aromatic heterocycles. The molecule has 3 heteroatoms. The van der Waals surface area contributed by atoms with Crippen molar-refractivity contribution in [2.24, 2.45) is 0 Å². The summed E-state index contributed by atoms with van der Waals surface area (Å²) in [6.07, 6.45) is 2.76. The normalized spacial score (nSPS) is 10.4. The minimum Gasteiger partial charge on any atom is -0.477 e. The van der Waals surface area contributed by atoms with Gasteiger partial charge in [-0.3, -0.25) is 0 Å². The highest BCUT2D eigenvalue weighted by Crippen LogP contribution is 2.12. The van der Waals surface area contributed by atoms with E-state index in [2.05, 4.69) is 0 Å². The molecule has 0 atom stereocenters. The molecule has 0 amide bonds. The maximum absolute atomic E-state index is 11.1. The van der Waals surface area contributed by atoms with Crippen molar-refractivity contribution < 1.29 is 9.90 Å². The summed E-state index contributed by atoms with van der Waals surface area (Å²) in [6, 6.07) is 11.6. The first kappa shape index (κ1) is 11.5. The lowest BCUT2D eigenvalue weighted by atomic mass is 10.2. The van der Waals surface area contributed by atoms with Crippen LogP contribution in [0.3, 0.4) is 0 Å². The zero-order valence-corrected chi connectivity index (χ0v) is 9.76. The van der Waals surface area contributed by atoms with Gasteiger partial charge in [-0.1, -0.05) is 37.3 Å². The van der Waals surface area contributed by atoms with Gasteiger partial charge in [-0.15, -0.1) is 0 Å². The van der Waals surface area contributed by atoms with Crippen molar-refractivity contribution in [1.29, 1.82) is 0 Å². The van der Waals surface area contributed by atoms with Gasteiger partial charge in [-0.2, -0.15) is 0 Å². The van der Waals surface area contributed by atoms with Crippen LogP contribution in [0.25, 0.3) is 0 Å². The van der Waals surface area contributed by atoms with Gasteiger partial charge < -0.3 is 9.67 Å². The molecule has 0 aliphatic heterocycles. The molecule has 1 heterocycles. The molecule has 0 saturated carbocycles. The van der Waals surface area contributed by atoms with Gasteiger partial charge in [0, 0.05) is 12.7 Å². The van der Waals surface area contributed by atoms with E-state index in [-0.39, 0.29) is 0 Å². The highest BCUT2D eigenvalue weighted by Gasteiger charge is 2.11. The molecule has 0 spiro atoms. The molecule has 2 aromatic rings. The van der Waals surface area contributed by atoms with Gasteiger partial charge in [-0.25, -0.2) is 4.79 Å². The number of benzene rings is 1. The number of carbonyl (C=O) groups is 1. The number of aryl methyl sites for hydroxylation is 1. The van der Waals surface area contributed by atoms with E-state index in [1.165, 1.54) is 0 Å². The number of aromatic nitrogens is 1. The Balaban J connectivity index is 2.31. The third-order valence-electron chi connectivity index (χ3n) is 2.78. The van der Waals surface area contributed by atoms with Crippen LogP contribution in [0, 0.1) is 0 Å². The maximum atomic E-state index is 11.1. The van der Waals surface area contributed by atoms with Crippen LogP contribution in [0.2, 0.25) is 0 Å². The van der Waals surface area contributed by atoms with Crippen molar-refractivity contribution in [3.8, 4) is 0 Å². The number of hydrogen-bond donors (Lipinski definition) is 1. The van der Waals surface area contributed by atoms with Gasteiger partial charge in [-0.05, 0) is 23.6 Å². The first-order chi connectivity index (χ1) is 8.20. The monoisotopic (exact) mass is 229 g/mol. The quantitative estimate of drug-likeness (QED) is 0.876. The summed E-state index contributed by atoms with van der Waals surface area (Å²) >= 11 is 0. The molecule has 1 N–H and O–H groups in total. The van der Waals surface area contributed by atoms with Gasteiger partial charge in [0.15, 0.2) is 0 Å². The van der Waals surface area contributed by atoms with E-state index in [1.54, 1.807) is 10.6 Å². The van der Waals surface area contributed by atoms with Crippen molar-refractivity contribution in [2.45, 2.75) is 19.9 Å². The molecule has 2 rings (SSSR count). The van der Waals surface area contributed by atoms with Gasteiger partial charge in [0.05, 0.1) is 0 Å². The highest BCUT2D eigenvalue weighted by atomic mass is 16.4. The highest BCUT2D eigenvalue weighted by molar-refractivity contribution is 5.86. The van der Waals surface area contributed by atoms with Crippen molar-refractivity contribution in [3.63, 3.8) is 0 Å². The fraction of sp³-hybridized carbons (Fsp3) is 0.214. The lowest BCUT2D eigenvalue weighted by molar-refractivity contribution is 0.0685. The Morgan fingerprint density at radius 3 is 2.53 bits per heavy atom. The summed E-state index contributed by atoms with van der Waals surface area (Å²) in [7, 11) is 0. The Bertz CT molecular complexity index is 514. The third kappa shape index (κ3) is 2.56. The first-order valence-corrected chi connectivity index (χ1v) is 5.67. The van der Waals surface area contributed by atoms with Crippen LogP contribution < -0.4 is 0 Å². The van der Waals surface area contributed by atoms with Crippen molar-refractivity contribution in [3.05, 3.63) is 59.4 Å². The molecule has 1 aromatic carbocycles. The van der Waals surface area contributed by atoms with Gasteiger partial charge >= 0.3 is 5.97 Å². The summed E-state index contributed by atoms with van der Waals surface area (Å²) in [4.78, 5) is 11.1. The second-order valence-corrected chi connectivity index (χ2v) is 4.01. The van der Waals surface area contributed by atoms with Gasteiger partial charge in [0.2, 0.25) is 0 Å². The topological polar surface area (TPSA) is 42.2 Å².